The highest BCUT2D eigenvalue weighted by Crippen LogP contribution is 2.38. The normalized spacial score (nSPS) is 13.4. The van der Waals surface area contributed by atoms with Crippen LogP contribution in [-0.4, -0.2) is 34.4 Å². The Morgan fingerprint density at radius 3 is 2.56 bits per heavy atom. The molecule has 1 aliphatic heterocycles. The highest BCUT2D eigenvalue weighted by molar-refractivity contribution is 5.77. The molecule has 0 bridgehead atoms. The molecule has 2 heterocycles. The molecule has 0 saturated heterocycles. The lowest BCUT2D eigenvalue weighted by atomic mass is 10.0. The molecule has 1 aliphatic rings. The molecule has 0 unspecified atom stereocenters. The monoisotopic (exact) mass is 445 g/mol. The van der Waals surface area contributed by atoms with Gasteiger partial charge in [0.1, 0.15) is 23.1 Å². The van der Waals surface area contributed by atoms with E-state index in [9.17, 15) is 18.0 Å². The van der Waals surface area contributed by atoms with Crippen molar-refractivity contribution >= 4 is 6.09 Å². The lowest BCUT2D eigenvalue weighted by Gasteiger charge is -2.28. The van der Waals surface area contributed by atoms with Crippen LogP contribution in [0.5, 0.6) is 17.2 Å². The van der Waals surface area contributed by atoms with Gasteiger partial charge < -0.3 is 14.2 Å². The minimum atomic E-state index is -4.80. The van der Waals surface area contributed by atoms with Gasteiger partial charge in [0.15, 0.2) is 0 Å². The molecule has 0 N–H and O–H groups in total. The zero-order valence-electron chi connectivity index (χ0n) is 17.1. The molecular formula is C22H18F3N3O4. The highest BCUT2D eigenvalue weighted by atomic mass is 19.4. The van der Waals surface area contributed by atoms with Crippen LogP contribution < -0.4 is 14.2 Å². The Kier molecular flexibility index (Phi) is 5.60. The third-order valence-corrected chi connectivity index (χ3v) is 4.76. The Bertz CT molecular complexity index is 1150. The summed E-state index contributed by atoms with van der Waals surface area (Å²) in [6.07, 6.45) is -1.97. The van der Waals surface area contributed by atoms with Crippen molar-refractivity contribution in [3.05, 3.63) is 65.7 Å². The Morgan fingerprint density at radius 2 is 1.88 bits per heavy atom. The second-order valence-electron chi connectivity index (χ2n) is 7.13. The first-order valence-electron chi connectivity index (χ1n) is 9.53. The molecule has 0 fully saturated rings. The summed E-state index contributed by atoms with van der Waals surface area (Å²) in [4.78, 5) is 22.3. The van der Waals surface area contributed by atoms with E-state index in [4.69, 9.17) is 9.47 Å². The molecule has 4 rings (SSSR count). The predicted molar refractivity (Wildman–Crippen MR) is 107 cm³/mol. The number of carbonyl (C=O) groups is 1. The molecule has 166 valence electrons. The Hall–Kier alpha value is -3.82. The number of hydrogen-bond acceptors (Lipinski definition) is 6. The van der Waals surface area contributed by atoms with E-state index in [2.05, 4.69) is 14.7 Å². The highest BCUT2D eigenvalue weighted by Gasteiger charge is 2.31. The number of carbonyl (C=O) groups excluding carboxylic acids is 1. The molecule has 1 amide bonds. The third kappa shape index (κ3) is 4.74. The molecule has 0 saturated carbocycles. The van der Waals surface area contributed by atoms with E-state index in [-0.39, 0.29) is 24.6 Å². The van der Waals surface area contributed by atoms with E-state index in [0.29, 0.717) is 22.7 Å². The number of rotatable bonds is 5. The van der Waals surface area contributed by atoms with E-state index in [1.165, 1.54) is 30.2 Å². The number of methoxy groups -OCH3 is 1. The summed E-state index contributed by atoms with van der Waals surface area (Å²) in [7, 11) is 1.36. The number of amides is 1. The topological polar surface area (TPSA) is 73.8 Å². The zero-order chi connectivity index (χ0) is 22.9. The van der Waals surface area contributed by atoms with Gasteiger partial charge in [0.05, 0.1) is 20.2 Å². The van der Waals surface area contributed by atoms with E-state index in [1.807, 2.05) is 6.92 Å². The average molecular weight is 445 g/mol. The van der Waals surface area contributed by atoms with Crippen LogP contribution in [-0.2, 0) is 13.1 Å². The number of benzene rings is 2. The number of ether oxygens (including phenoxy) is 3. The largest absolute Gasteiger partial charge is 0.573 e. The predicted octanol–water partition coefficient (Wildman–Crippen LogP) is 4.87. The average Bonchev–Trinajstić information content (AvgIpc) is 2.74. The molecule has 0 aliphatic carbocycles. The number of aryl methyl sites for hydroxylation is 1. The van der Waals surface area contributed by atoms with Crippen LogP contribution in [0.3, 0.4) is 0 Å². The van der Waals surface area contributed by atoms with Gasteiger partial charge in [0.2, 0.25) is 0 Å². The van der Waals surface area contributed by atoms with Gasteiger partial charge in [-0.2, -0.15) is 0 Å². The van der Waals surface area contributed by atoms with Gasteiger partial charge in [0, 0.05) is 29.6 Å². The van der Waals surface area contributed by atoms with Crippen molar-refractivity contribution in [2.24, 2.45) is 0 Å². The van der Waals surface area contributed by atoms with Crippen molar-refractivity contribution in [1.82, 2.24) is 14.9 Å². The Morgan fingerprint density at radius 1 is 1.12 bits per heavy atom. The number of fused-ring (bicyclic) bond motifs is 1. The minimum Gasteiger partial charge on any atom is -0.496 e. The van der Waals surface area contributed by atoms with E-state index < -0.39 is 12.5 Å². The second-order valence-corrected chi connectivity index (χ2v) is 7.13. The summed E-state index contributed by atoms with van der Waals surface area (Å²) in [6.45, 7) is 2.30. The summed E-state index contributed by atoms with van der Waals surface area (Å²) < 4.78 is 52.2. The quantitative estimate of drug-likeness (QED) is 0.558. The van der Waals surface area contributed by atoms with Crippen LogP contribution in [0.4, 0.5) is 18.0 Å². The fourth-order valence-corrected chi connectivity index (χ4v) is 3.30. The van der Waals surface area contributed by atoms with E-state index in [0.717, 1.165) is 11.1 Å². The van der Waals surface area contributed by atoms with Gasteiger partial charge in [-0.15, -0.1) is 13.2 Å². The van der Waals surface area contributed by atoms with Crippen molar-refractivity contribution < 1.29 is 32.2 Å². The van der Waals surface area contributed by atoms with Crippen molar-refractivity contribution in [3.63, 3.8) is 0 Å². The molecule has 0 atom stereocenters. The van der Waals surface area contributed by atoms with E-state index in [1.54, 1.807) is 30.6 Å². The molecule has 7 nitrogen and oxygen atoms in total. The molecule has 0 radical (unpaired) electrons. The number of nitrogens with zero attached hydrogens (tertiary/aromatic N) is 3. The first kappa shape index (κ1) is 21.4. The first-order chi connectivity index (χ1) is 15.2. The second kappa shape index (κ2) is 8.37. The van der Waals surface area contributed by atoms with Crippen molar-refractivity contribution in [2.45, 2.75) is 26.4 Å². The van der Waals surface area contributed by atoms with Gasteiger partial charge in [0.25, 0.3) is 0 Å². The number of alkyl halides is 3. The van der Waals surface area contributed by atoms with Gasteiger partial charge >= 0.3 is 12.5 Å². The number of aromatic nitrogens is 2. The van der Waals surface area contributed by atoms with Crippen LogP contribution in [0.15, 0.2) is 48.8 Å². The van der Waals surface area contributed by atoms with Crippen LogP contribution in [0.1, 0.15) is 17.0 Å². The first-order valence-corrected chi connectivity index (χ1v) is 9.53. The molecule has 3 aromatic rings. The fraction of sp³-hybridized carbons (Fsp3) is 0.227. The van der Waals surface area contributed by atoms with Crippen LogP contribution >= 0.6 is 0 Å². The van der Waals surface area contributed by atoms with Crippen LogP contribution in [0.25, 0.3) is 11.1 Å². The Labute approximate surface area is 181 Å². The molecule has 10 heteroatoms. The molecule has 2 aromatic carbocycles. The van der Waals surface area contributed by atoms with Gasteiger partial charge in [-0.3, -0.25) is 4.90 Å². The van der Waals surface area contributed by atoms with Crippen LogP contribution in [0, 0.1) is 6.92 Å². The number of halogens is 3. The maximum Gasteiger partial charge on any atom is 0.573 e. The van der Waals surface area contributed by atoms with Gasteiger partial charge in [-0.25, -0.2) is 14.8 Å². The lowest BCUT2D eigenvalue weighted by molar-refractivity contribution is -0.274. The van der Waals surface area contributed by atoms with Crippen molar-refractivity contribution in [2.75, 3.05) is 7.11 Å². The van der Waals surface area contributed by atoms with Gasteiger partial charge in [-0.1, -0.05) is 6.07 Å². The molecule has 32 heavy (non-hydrogen) atoms. The van der Waals surface area contributed by atoms with Crippen LogP contribution in [0.2, 0.25) is 0 Å². The zero-order valence-corrected chi connectivity index (χ0v) is 17.1. The maximum absolute atomic E-state index is 12.5. The number of hydrogen-bond donors (Lipinski definition) is 0. The minimum absolute atomic E-state index is 0.176. The summed E-state index contributed by atoms with van der Waals surface area (Å²) in [5.74, 6) is 0.726. The summed E-state index contributed by atoms with van der Waals surface area (Å²) in [5, 5.41) is 0. The van der Waals surface area contributed by atoms with E-state index >= 15 is 0 Å². The Balaban J connectivity index is 1.60. The smallest absolute Gasteiger partial charge is 0.496 e. The molecule has 0 spiro atoms. The summed E-state index contributed by atoms with van der Waals surface area (Å²) in [5.41, 5.74) is 2.89. The fourth-order valence-electron chi connectivity index (χ4n) is 3.30. The maximum atomic E-state index is 12.5. The molecular weight excluding hydrogens is 427 g/mol. The molecule has 1 aromatic heterocycles. The van der Waals surface area contributed by atoms with Crippen molar-refractivity contribution in [3.8, 4) is 28.4 Å². The third-order valence-electron chi connectivity index (χ3n) is 4.76. The summed E-state index contributed by atoms with van der Waals surface area (Å²) in [6, 6.07) is 9.01. The lowest BCUT2D eigenvalue weighted by Crippen LogP contribution is -2.36. The summed E-state index contributed by atoms with van der Waals surface area (Å²) >= 11 is 0. The van der Waals surface area contributed by atoms with Gasteiger partial charge in [-0.05, 0) is 42.3 Å². The SMILES string of the molecule is COc1cc(OC(F)(F)F)ccc1-c1ccc2c(c1)CN(Cc1ncc(C)cn1)C(=O)O2. The standard InChI is InChI=1S/C22H18F3N3O4/c1-13-9-26-20(27-10-13)12-28-11-15-7-14(3-6-18(15)31-21(28)29)17-5-4-16(8-19(17)30-2)32-22(23,24)25/h3-10H,11-12H2,1-2H3. The van der Waals surface area contributed by atoms with Crippen molar-refractivity contribution in [1.29, 1.82) is 0 Å².